The van der Waals surface area contributed by atoms with Gasteiger partial charge in [-0.1, -0.05) is 18.2 Å². The Labute approximate surface area is 144 Å². The molecule has 0 radical (unpaired) electrons. The highest BCUT2D eigenvalue weighted by molar-refractivity contribution is 5.92. The Morgan fingerprint density at radius 2 is 1.65 bits per heavy atom. The number of benzene rings is 2. The van der Waals surface area contributed by atoms with Crippen LogP contribution in [0.5, 0.6) is 0 Å². The van der Waals surface area contributed by atoms with Crippen molar-refractivity contribution in [1.29, 1.82) is 0 Å². The number of rotatable bonds is 5. The van der Waals surface area contributed by atoms with Gasteiger partial charge in [-0.05, 0) is 23.8 Å². The van der Waals surface area contributed by atoms with Gasteiger partial charge in [0.15, 0.2) is 6.61 Å². The van der Waals surface area contributed by atoms with Gasteiger partial charge in [0.25, 0.3) is 5.91 Å². The van der Waals surface area contributed by atoms with E-state index in [9.17, 15) is 31.5 Å². The zero-order valence-corrected chi connectivity index (χ0v) is 13.1. The van der Waals surface area contributed by atoms with Crippen LogP contribution in [0.2, 0.25) is 0 Å². The molecule has 2 rings (SSSR count). The quantitative estimate of drug-likeness (QED) is 0.642. The highest BCUT2D eigenvalue weighted by Gasteiger charge is 2.30. The zero-order chi connectivity index (χ0) is 19.3. The molecular formula is C17H12F5NO3. The largest absolute Gasteiger partial charge is 0.455 e. The standard InChI is InChI=1S/C17H12F5NO3/c18-12-6-13(19)8-14(7-12)23-15(24)9-26-16(25)5-10-2-1-3-11(4-10)17(20,21)22/h1-4,6-8H,5,9H2,(H,23,24). The molecule has 2 aromatic carbocycles. The van der Waals surface area contributed by atoms with Crippen LogP contribution < -0.4 is 5.32 Å². The van der Waals surface area contributed by atoms with Crippen molar-refractivity contribution < 1.29 is 36.3 Å². The van der Waals surface area contributed by atoms with Gasteiger partial charge in [0, 0.05) is 11.8 Å². The van der Waals surface area contributed by atoms with E-state index in [0.29, 0.717) is 6.07 Å². The number of carbonyl (C=O) groups is 2. The van der Waals surface area contributed by atoms with Crippen molar-refractivity contribution >= 4 is 17.6 Å². The van der Waals surface area contributed by atoms with Crippen LogP contribution >= 0.6 is 0 Å². The van der Waals surface area contributed by atoms with Gasteiger partial charge in [-0.25, -0.2) is 8.78 Å². The Hall–Kier alpha value is -2.97. The van der Waals surface area contributed by atoms with Gasteiger partial charge >= 0.3 is 12.1 Å². The van der Waals surface area contributed by atoms with Crippen molar-refractivity contribution in [2.75, 3.05) is 11.9 Å². The molecule has 0 heterocycles. The number of hydrogen-bond acceptors (Lipinski definition) is 3. The Morgan fingerprint density at radius 1 is 1.00 bits per heavy atom. The van der Waals surface area contributed by atoms with Crippen molar-refractivity contribution in [3.05, 3.63) is 65.2 Å². The van der Waals surface area contributed by atoms with Gasteiger partial charge in [-0.2, -0.15) is 13.2 Å². The highest BCUT2D eigenvalue weighted by atomic mass is 19.4. The molecule has 0 fully saturated rings. The van der Waals surface area contributed by atoms with Crippen molar-refractivity contribution in [3.63, 3.8) is 0 Å². The number of amides is 1. The molecular weight excluding hydrogens is 361 g/mol. The second-order valence-electron chi connectivity index (χ2n) is 5.24. The first-order valence-electron chi connectivity index (χ1n) is 7.21. The second kappa shape index (κ2) is 7.94. The van der Waals surface area contributed by atoms with Crippen molar-refractivity contribution in [2.24, 2.45) is 0 Å². The van der Waals surface area contributed by atoms with E-state index >= 15 is 0 Å². The second-order valence-corrected chi connectivity index (χ2v) is 5.24. The fraction of sp³-hybridized carbons (Fsp3) is 0.176. The van der Waals surface area contributed by atoms with Gasteiger partial charge in [0.2, 0.25) is 0 Å². The maximum absolute atomic E-state index is 13.0. The van der Waals surface area contributed by atoms with Crippen LogP contribution in [0, 0.1) is 11.6 Å². The lowest BCUT2D eigenvalue weighted by Gasteiger charge is -2.09. The molecule has 0 saturated carbocycles. The normalized spacial score (nSPS) is 11.1. The number of ether oxygens (including phenoxy) is 1. The van der Waals surface area contributed by atoms with Crippen molar-refractivity contribution in [3.8, 4) is 0 Å². The van der Waals surface area contributed by atoms with Crippen molar-refractivity contribution in [1.82, 2.24) is 0 Å². The third-order valence-corrected chi connectivity index (χ3v) is 3.11. The molecule has 0 atom stereocenters. The summed E-state index contributed by atoms with van der Waals surface area (Å²) in [6, 6.07) is 6.47. The van der Waals surface area contributed by atoms with Crippen LogP contribution in [0.3, 0.4) is 0 Å². The summed E-state index contributed by atoms with van der Waals surface area (Å²) in [6.07, 6.45) is -5.01. The molecule has 4 nitrogen and oxygen atoms in total. The third-order valence-electron chi connectivity index (χ3n) is 3.11. The number of halogens is 5. The van der Waals surface area contributed by atoms with E-state index in [1.54, 1.807) is 0 Å². The maximum Gasteiger partial charge on any atom is 0.416 e. The first-order valence-corrected chi connectivity index (χ1v) is 7.21. The number of alkyl halides is 3. The fourth-order valence-electron chi connectivity index (χ4n) is 2.04. The van der Waals surface area contributed by atoms with Gasteiger partial charge in [-0.15, -0.1) is 0 Å². The van der Waals surface area contributed by atoms with E-state index in [-0.39, 0.29) is 11.3 Å². The van der Waals surface area contributed by atoms with Gasteiger partial charge in [-0.3, -0.25) is 9.59 Å². The molecule has 1 N–H and O–H groups in total. The summed E-state index contributed by atoms with van der Waals surface area (Å²) in [5, 5.41) is 2.13. The number of carbonyl (C=O) groups excluding carboxylic acids is 2. The van der Waals surface area contributed by atoms with Gasteiger partial charge < -0.3 is 10.1 Å². The number of esters is 1. The summed E-state index contributed by atoms with van der Waals surface area (Å²) >= 11 is 0. The molecule has 0 spiro atoms. The molecule has 0 aromatic heterocycles. The maximum atomic E-state index is 13.0. The summed E-state index contributed by atoms with van der Waals surface area (Å²) in [6.45, 7) is -0.754. The lowest BCUT2D eigenvalue weighted by molar-refractivity contribution is -0.146. The van der Waals surface area contributed by atoms with E-state index in [4.69, 9.17) is 0 Å². The Kier molecular flexibility index (Phi) is 5.91. The summed E-state index contributed by atoms with van der Waals surface area (Å²) in [7, 11) is 0. The van der Waals surface area contributed by atoms with Crippen LogP contribution in [0.15, 0.2) is 42.5 Å². The predicted molar refractivity (Wildman–Crippen MR) is 81.1 cm³/mol. The average molecular weight is 373 g/mol. The molecule has 0 aliphatic rings. The predicted octanol–water partition coefficient (Wildman–Crippen LogP) is 3.71. The average Bonchev–Trinajstić information content (AvgIpc) is 2.51. The SMILES string of the molecule is O=C(COC(=O)Cc1cccc(C(F)(F)F)c1)Nc1cc(F)cc(F)c1. The van der Waals surface area contributed by atoms with E-state index in [0.717, 1.165) is 30.3 Å². The molecule has 138 valence electrons. The first-order chi connectivity index (χ1) is 12.1. The molecule has 2 aromatic rings. The molecule has 0 saturated heterocycles. The molecule has 0 aliphatic heterocycles. The number of hydrogen-bond donors (Lipinski definition) is 1. The lowest BCUT2D eigenvalue weighted by Crippen LogP contribution is -2.21. The smallest absolute Gasteiger partial charge is 0.416 e. The lowest BCUT2D eigenvalue weighted by atomic mass is 10.1. The monoisotopic (exact) mass is 373 g/mol. The summed E-state index contributed by atoms with van der Waals surface area (Å²) < 4.78 is 68.4. The summed E-state index contributed by atoms with van der Waals surface area (Å²) in [4.78, 5) is 23.2. The van der Waals surface area contributed by atoms with Gasteiger partial charge in [0.05, 0.1) is 12.0 Å². The number of anilines is 1. The topological polar surface area (TPSA) is 55.4 Å². The summed E-state index contributed by atoms with van der Waals surface area (Å²) in [5.41, 5.74) is -1.01. The van der Waals surface area contributed by atoms with Crippen LogP contribution in [-0.2, 0) is 26.9 Å². The molecule has 0 unspecified atom stereocenters. The Balaban J connectivity index is 1.87. The zero-order valence-electron chi connectivity index (χ0n) is 13.1. The van der Waals surface area contributed by atoms with Crippen LogP contribution in [0.4, 0.5) is 27.6 Å². The minimum atomic E-state index is -4.54. The molecule has 9 heteroatoms. The minimum absolute atomic E-state index is 0.0671. The van der Waals surface area contributed by atoms with Crippen molar-refractivity contribution in [2.45, 2.75) is 12.6 Å². The van der Waals surface area contributed by atoms with E-state index in [2.05, 4.69) is 10.1 Å². The Bertz CT molecular complexity index is 800. The molecule has 0 bridgehead atoms. The summed E-state index contributed by atoms with van der Waals surface area (Å²) in [5.74, 6) is -3.58. The first kappa shape index (κ1) is 19.4. The molecule has 0 aliphatic carbocycles. The van der Waals surface area contributed by atoms with E-state index < -0.39 is 48.3 Å². The van der Waals surface area contributed by atoms with Crippen LogP contribution in [0.1, 0.15) is 11.1 Å². The van der Waals surface area contributed by atoms with E-state index in [1.165, 1.54) is 6.07 Å². The van der Waals surface area contributed by atoms with Crippen LogP contribution in [0.25, 0.3) is 0 Å². The minimum Gasteiger partial charge on any atom is -0.455 e. The van der Waals surface area contributed by atoms with Crippen LogP contribution in [-0.4, -0.2) is 18.5 Å². The van der Waals surface area contributed by atoms with E-state index in [1.807, 2.05) is 0 Å². The molecule has 26 heavy (non-hydrogen) atoms. The third kappa shape index (κ3) is 5.83. The fourth-order valence-corrected chi connectivity index (χ4v) is 2.04. The highest BCUT2D eigenvalue weighted by Crippen LogP contribution is 2.29. The number of nitrogens with one attached hydrogen (secondary N) is 1. The molecule has 1 amide bonds. The van der Waals surface area contributed by atoms with Gasteiger partial charge in [0.1, 0.15) is 11.6 Å². The Morgan fingerprint density at radius 3 is 2.27 bits per heavy atom.